The topological polar surface area (TPSA) is 72.0 Å². The number of anilines is 1. The molecule has 0 aromatic carbocycles. The van der Waals surface area contributed by atoms with Gasteiger partial charge in [-0.25, -0.2) is 4.98 Å². The fraction of sp³-hybridized carbons (Fsp3) is 0.667. The van der Waals surface area contributed by atoms with Gasteiger partial charge in [-0.2, -0.15) is 13.2 Å². The number of ether oxygens (including phenoxy) is 2. The number of piperidine rings is 1. The second-order valence-corrected chi connectivity index (χ2v) is 8.24. The first-order valence-electron chi connectivity index (χ1n) is 10.5. The highest BCUT2D eigenvalue weighted by molar-refractivity contribution is 5.84. The van der Waals surface area contributed by atoms with E-state index in [4.69, 9.17) is 9.47 Å². The van der Waals surface area contributed by atoms with Crippen LogP contribution >= 0.6 is 0 Å². The lowest BCUT2D eigenvalue weighted by Gasteiger charge is -2.37. The minimum absolute atomic E-state index is 0.0610. The number of aromatic nitrogens is 1. The summed E-state index contributed by atoms with van der Waals surface area (Å²) in [5, 5.41) is 0. The first-order chi connectivity index (χ1) is 14.6. The van der Waals surface area contributed by atoms with Crippen molar-refractivity contribution in [3.8, 4) is 0 Å². The molecule has 1 aromatic rings. The van der Waals surface area contributed by atoms with Crippen LogP contribution in [0, 0.1) is 5.92 Å². The summed E-state index contributed by atoms with van der Waals surface area (Å²) in [6, 6.07) is 2.22. The van der Waals surface area contributed by atoms with E-state index in [2.05, 4.69) is 4.98 Å². The zero-order valence-electron chi connectivity index (χ0n) is 17.9. The number of hydrogen-bond donors (Lipinski definition) is 0. The molecule has 1 aromatic heterocycles. The minimum Gasteiger partial charge on any atom is -0.452 e. The average Bonchev–Trinajstić information content (AvgIpc) is 2.72. The summed E-state index contributed by atoms with van der Waals surface area (Å²) in [5.74, 6) is -1.70. The van der Waals surface area contributed by atoms with Gasteiger partial charge in [0.05, 0.1) is 23.7 Å². The first kappa shape index (κ1) is 23.3. The number of alkyl halides is 3. The van der Waals surface area contributed by atoms with Gasteiger partial charge in [0.2, 0.25) is 0 Å². The molecule has 172 valence electrons. The molecule has 0 aliphatic carbocycles. The fourth-order valence-electron chi connectivity index (χ4n) is 4.17. The molecule has 4 atom stereocenters. The van der Waals surface area contributed by atoms with Crippen LogP contribution in [0.3, 0.4) is 0 Å². The number of hydrogen-bond acceptors (Lipinski definition) is 6. The molecule has 2 saturated heterocycles. The summed E-state index contributed by atoms with van der Waals surface area (Å²) < 4.78 is 51.1. The predicted molar refractivity (Wildman–Crippen MR) is 106 cm³/mol. The largest absolute Gasteiger partial charge is 0.452 e. The number of nitrogens with zero attached hydrogens (tertiary/aromatic N) is 3. The van der Waals surface area contributed by atoms with Crippen molar-refractivity contribution in [1.29, 1.82) is 0 Å². The van der Waals surface area contributed by atoms with Crippen LogP contribution in [0.1, 0.15) is 39.2 Å². The number of carbonyl (C=O) groups excluding carboxylic acids is 2. The second kappa shape index (κ2) is 9.42. The molecule has 7 nitrogen and oxygen atoms in total. The Morgan fingerprint density at radius 1 is 1.23 bits per heavy atom. The summed E-state index contributed by atoms with van der Waals surface area (Å²) in [6.45, 7) is 6.52. The molecule has 3 rings (SSSR count). The maximum atomic E-state index is 13.3. The highest BCUT2D eigenvalue weighted by atomic mass is 19.4. The summed E-state index contributed by atoms with van der Waals surface area (Å²) in [5.41, 5.74) is -0.830. The van der Waals surface area contributed by atoms with Crippen molar-refractivity contribution in [3.63, 3.8) is 0 Å². The lowest BCUT2D eigenvalue weighted by molar-refractivity contribution is -0.167. The van der Waals surface area contributed by atoms with Crippen molar-refractivity contribution in [2.24, 2.45) is 5.92 Å². The van der Waals surface area contributed by atoms with Crippen molar-refractivity contribution in [1.82, 2.24) is 9.88 Å². The third-order valence-electron chi connectivity index (χ3n) is 5.52. The molecule has 3 heterocycles. The van der Waals surface area contributed by atoms with Crippen molar-refractivity contribution >= 4 is 17.7 Å². The van der Waals surface area contributed by atoms with Crippen LogP contribution in [-0.4, -0.2) is 66.3 Å². The van der Waals surface area contributed by atoms with Crippen LogP contribution in [-0.2, 0) is 25.2 Å². The van der Waals surface area contributed by atoms with Crippen molar-refractivity contribution in [3.05, 3.63) is 23.9 Å². The Bertz CT molecular complexity index is 794. The molecule has 10 heteroatoms. The van der Waals surface area contributed by atoms with E-state index < -0.39 is 29.7 Å². The highest BCUT2D eigenvalue weighted by Crippen LogP contribution is 2.36. The maximum Gasteiger partial charge on any atom is 0.419 e. The van der Waals surface area contributed by atoms with Crippen LogP contribution < -0.4 is 4.90 Å². The zero-order valence-corrected chi connectivity index (χ0v) is 17.9. The normalized spacial score (nSPS) is 25.8. The molecule has 0 saturated carbocycles. The van der Waals surface area contributed by atoms with E-state index in [0.29, 0.717) is 32.5 Å². The van der Waals surface area contributed by atoms with E-state index in [1.807, 2.05) is 13.8 Å². The number of halogens is 3. The molecule has 0 radical (unpaired) electrons. The van der Waals surface area contributed by atoms with Gasteiger partial charge in [0, 0.05) is 32.4 Å². The molecule has 2 aliphatic rings. The van der Waals surface area contributed by atoms with Crippen LogP contribution in [0.25, 0.3) is 0 Å². The second-order valence-electron chi connectivity index (χ2n) is 8.24. The molecule has 4 unspecified atom stereocenters. The maximum absolute atomic E-state index is 13.3. The van der Waals surface area contributed by atoms with E-state index >= 15 is 0 Å². The lowest BCUT2D eigenvalue weighted by Crippen LogP contribution is -2.52. The SMILES string of the molecule is CC1CN(C(=O)C(C)OC(=O)C2CCCN(c3ncccc3C(F)(F)F)C2)CC(C)O1. The average molecular weight is 443 g/mol. The van der Waals surface area contributed by atoms with Crippen molar-refractivity contribution in [2.75, 3.05) is 31.1 Å². The Kier molecular flexibility index (Phi) is 7.08. The van der Waals surface area contributed by atoms with Gasteiger partial charge in [0.1, 0.15) is 5.82 Å². The zero-order chi connectivity index (χ0) is 22.8. The standard InChI is InChI=1S/C21H28F3N3O4/c1-13-10-27(11-14(2)30-13)19(28)15(3)31-20(29)16-6-5-9-26(12-16)18-17(21(22,23)24)7-4-8-25-18/h4,7-8,13-16H,5-6,9-12H2,1-3H3. The third kappa shape index (κ3) is 5.66. The number of morpholine rings is 1. The Morgan fingerprint density at radius 3 is 2.55 bits per heavy atom. The Labute approximate surface area is 179 Å². The van der Waals surface area contributed by atoms with Gasteiger partial charge in [-0.15, -0.1) is 0 Å². The Morgan fingerprint density at radius 2 is 1.90 bits per heavy atom. The van der Waals surface area contributed by atoms with Gasteiger partial charge in [-0.3, -0.25) is 9.59 Å². The molecule has 1 amide bonds. The number of pyridine rings is 1. The number of rotatable bonds is 4. The van der Waals surface area contributed by atoms with E-state index in [1.165, 1.54) is 24.1 Å². The van der Waals surface area contributed by atoms with Crippen LogP contribution in [0.2, 0.25) is 0 Å². The molecule has 31 heavy (non-hydrogen) atoms. The van der Waals surface area contributed by atoms with E-state index in [-0.39, 0.29) is 30.5 Å². The third-order valence-corrected chi connectivity index (χ3v) is 5.52. The fourth-order valence-corrected chi connectivity index (χ4v) is 4.17. The highest BCUT2D eigenvalue weighted by Gasteiger charge is 2.38. The summed E-state index contributed by atoms with van der Waals surface area (Å²) in [7, 11) is 0. The van der Waals surface area contributed by atoms with Crippen LogP contribution in [0.15, 0.2) is 18.3 Å². The Hall–Kier alpha value is -2.36. The van der Waals surface area contributed by atoms with Gasteiger partial charge in [0.15, 0.2) is 6.10 Å². The quantitative estimate of drug-likeness (QED) is 0.667. The number of carbonyl (C=O) groups is 2. The van der Waals surface area contributed by atoms with Gasteiger partial charge in [0.25, 0.3) is 5.91 Å². The monoisotopic (exact) mass is 443 g/mol. The van der Waals surface area contributed by atoms with Gasteiger partial charge < -0.3 is 19.3 Å². The van der Waals surface area contributed by atoms with Gasteiger partial charge >= 0.3 is 12.1 Å². The van der Waals surface area contributed by atoms with Crippen molar-refractivity contribution < 1.29 is 32.2 Å². The smallest absolute Gasteiger partial charge is 0.419 e. The van der Waals surface area contributed by atoms with Gasteiger partial charge in [-0.05, 0) is 45.7 Å². The molecular formula is C21H28F3N3O4. The molecule has 0 N–H and O–H groups in total. The number of amides is 1. The minimum atomic E-state index is -4.54. The Balaban J connectivity index is 1.63. The summed E-state index contributed by atoms with van der Waals surface area (Å²) in [4.78, 5) is 32.4. The van der Waals surface area contributed by atoms with E-state index in [0.717, 1.165) is 6.07 Å². The molecule has 0 bridgehead atoms. The summed E-state index contributed by atoms with van der Waals surface area (Å²) >= 11 is 0. The predicted octanol–water partition coefficient (Wildman–Crippen LogP) is 2.88. The number of esters is 1. The van der Waals surface area contributed by atoms with E-state index in [1.54, 1.807) is 4.90 Å². The lowest BCUT2D eigenvalue weighted by atomic mass is 9.97. The van der Waals surface area contributed by atoms with Crippen LogP contribution in [0.5, 0.6) is 0 Å². The van der Waals surface area contributed by atoms with Crippen LogP contribution in [0.4, 0.5) is 19.0 Å². The van der Waals surface area contributed by atoms with Gasteiger partial charge in [-0.1, -0.05) is 0 Å². The molecule has 2 fully saturated rings. The molecule has 0 spiro atoms. The molecule has 2 aliphatic heterocycles. The van der Waals surface area contributed by atoms with E-state index in [9.17, 15) is 22.8 Å². The van der Waals surface area contributed by atoms with Crippen molar-refractivity contribution in [2.45, 2.75) is 58.1 Å². The first-order valence-corrected chi connectivity index (χ1v) is 10.5. The summed E-state index contributed by atoms with van der Waals surface area (Å²) in [6.07, 6.45) is -3.42. The molecular weight excluding hydrogens is 415 g/mol.